The van der Waals surface area contributed by atoms with Gasteiger partial charge in [0, 0.05) is 23.2 Å². The van der Waals surface area contributed by atoms with Crippen LogP contribution < -0.4 is 18.9 Å². The molecule has 3 nitrogen and oxygen atoms in total. The second-order valence-electron chi connectivity index (χ2n) is 13.2. The van der Waals surface area contributed by atoms with E-state index in [4.69, 9.17) is 11.5 Å². The molecule has 0 bridgehead atoms. The molecule has 0 unspecified atom stereocenters. The summed E-state index contributed by atoms with van der Waals surface area (Å²) in [5, 5.41) is 0. The van der Waals surface area contributed by atoms with Gasteiger partial charge in [0.2, 0.25) is 7.41 Å². The summed E-state index contributed by atoms with van der Waals surface area (Å²) in [6.45, 7) is 28.8. The summed E-state index contributed by atoms with van der Waals surface area (Å²) < 4.78 is 0. The van der Waals surface area contributed by atoms with E-state index in [0.717, 1.165) is 20.7 Å². The van der Waals surface area contributed by atoms with E-state index in [1.54, 1.807) is 0 Å². The van der Waals surface area contributed by atoms with Gasteiger partial charge in [-0.3, -0.25) is 0 Å². The molecule has 9 heteroatoms. The van der Waals surface area contributed by atoms with Gasteiger partial charge in [-0.15, -0.1) is 0 Å². The van der Waals surface area contributed by atoms with Gasteiger partial charge < -0.3 is 15.9 Å². The van der Waals surface area contributed by atoms with Crippen LogP contribution >= 0.6 is 11.5 Å². The molecule has 0 spiro atoms. The maximum Gasteiger partial charge on any atom is 1.00 e. The molecular formula is C31H63B4ClLiN3. The molecule has 0 amide bonds. The van der Waals surface area contributed by atoms with Gasteiger partial charge in [0.25, 0.3) is 7.41 Å². The van der Waals surface area contributed by atoms with Gasteiger partial charge in [-0.05, 0) is 93.2 Å². The topological polar surface area (TPSA) is 9.72 Å². The van der Waals surface area contributed by atoms with Crippen molar-refractivity contribution in [2.45, 2.75) is 132 Å². The van der Waals surface area contributed by atoms with E-state index in [-0.39, 0.29) is 45.1 Å². The first-order valence-electron chi connectivity index (χ1n) is 14.8. The molecule has 0 aromatic carbocycles. The Balaban J connectivity index is -0.000000220. The van der Waals surface area contributed by atoms with Crippen LogP contribution in [0.4, 0.5) is 0 Å². The van der Waals surface area contributed by atoms with Gasteiger partial charge in [-0.25, -0.2) is 0 Å². The minimum absolute atomic E-state index is 0. The van der Waals surface area contributed by atoms with Crippen LogP contribution in [-0.2, 0) is 0 Å². The van der Waals surface area contributed by atoms with Crippen molar-refractivity contribution in [2.75, 3.05) is 6.54 Å². The van der Waals surface area contributed by atoms with Crippen LogP contribution in [0, 0.1) is 0 Å². The molecule has 222 valence electrons. The van der Waals surface area contributed by atoms with Crippen molar-refractivity contribution in [3.63, 3.8) is 0 Å². The second-order valence-corrected chi connectivity index (χ2v) is 13.7. The fourth-order valence-electron chi connectivity index (χ4n) is 4.15. The fourth-order valence-corrected chi connectivity index (χ4v) is 4.59. The van der Waals surface area contributed by atoms with Crippen LogP contribution in [0.2, 0.25) is 25.3 Å². The van der Waals surface area contributed by atoms with Crippen LogP contribution in [-0.4, -0.2) is 65.4 Å². The van der Waals surface area contributed by atoms with Gasteiger partial charge in [-0.2, -0.15) is 11.5 Å². The van der Waals surface area contributed by atoms with Gasteiger partial charge in [0.1, 0.15) is 6.71 Å². The van der Waals surface area contributed by atoms with Crippen molar-refractivity contribution in [3.05, 3.63) is 60.8 Å². The molecule has 0 saturated carbocycles. The summed E-state index contributed by atoms with van der Waals surface area (Å²) in [7, 11) is 2.26. The molecule has 0 aromatic heterocycles. The maximum atomic E-state index is 6.06. The predicted octanol–water partition coefficient (Wildman–Crippen LogP) is 5.64. The van der Waals surface area contributed by atoms with Crippen molar-refractivity contribution >= 4 is 39.3 Å². The molecule has 3 aliphatic heterocycles. The molecule has 0 atom stereocenters. The summed E-state index contributed by atoms with van der Waals surface area (Å²) in [6.07, 6.45) is 22.1. The fraction of sp³-hybridized carbons (Fsp3) is 0.677. The average molecular weight is 564 g/mol. The second kappa shape index (κ2) is 22.0. The van der Waals surface area contributed by atoms with E-state index in [2.05, 4.69) is 134 Å². The third-order valence-corrected chi connectivity index (χ3v) is 7.44. The zero-order valence-electron chi connectivity index (χ0n) is 29.1. The normalized spacial score (nSPS) is 16.0. The number of hydrogen-bond acceptors (Lipinski definition) is 3. The van der Waals surface area contributed by atoms with Crippen LogP contribution in [0.1, 0.15) is 91.9 Å². The molecule has 3 aliphatic rings. The summed E-state index contributed by atoms with van der Waals surface area (Å²) in [6, 6.07) is 0. The SMILES string of the molecule is C.CC(C)(C)N1BC=CC=C1.CC(C)(C)N1BCC=CC1.CC(C)(C)N1C=CC=CB1Cl.CCB(CC)CC.[H-].[Li+]. The van der Waals surface area contributed by atoms with E-state index in [9.17, 15) is 0 Å². The van der Waals surface area contributed by atoms with Crippen LogP contribution in [0.25, 0.3) is 0 Å². The Morgan fingerprint density at radius 3 is 1.60 bits per heavy atom. The van der Waals surface area contributed by atoms with E-state index in [1.807, 2.05) is 24.3 Å². The van der Waals surface area contributed by atoms with Gasteiger partial charge in [0.15, 0.2) is 0 Å². The predicted molar refractivity (Wildman–Crippen MR) is 191 cm³/mol. The van der Waals surface area contributed by atoms with Gasteiger partial charge in [-0.1, -0.05) is 83.4 Å². The zero-order chi connectivity index (χ0) is 29.4. The minimum Gasteiger partial charge on any atom is -1.00 e. The molecule has 0 saturated heterocycles. The largest absolute Gasteiger partial charge is 1.00 e. The molecule has 0 aromatic rings. The van der Waals surface area contributed by atoms with Gasteiger partial charge >= 0.3 is 25.1 Å². The summed E-state index contributed by atoms with van der Waals surface area (Å²) >= 11 is 6.06. The first-order chi connectivity index (χ1) is 17.6. The maximum absolute atomic E-state index is 6.06. The molecule has 40 heavy (non-hydrogen) atoms. The van der Waals surface area contributed by atoms with E-state index >= 15 is 0 Å². The van der Waals surface area contributed by atoms with Crippen LogP contribution in [0.3, 0.4) is 0 Å². The Morgan fingerprint density at radius 1 is 0.800 bits per heavy atom. The summed E-state index contributed by atoms with van der Waals surface area (Å²) in [5.74, 6) is 4.15. The van der Waals surface area contributed by atoms with E-state index in [1.165, 1.54) is 32.7 Å². The zero-order valence-corrected chi connectivity index (χ0v) is 28.9. The molecule has 3 heterocycles. The van der Waals surface area contributed by atoms with Crippen molar-refractivity contribution in [1.29, 1.82) is 0 Å². The quantitative estimate of drug-likeness (QED) is 0.326. The molecule has 3 rings (SSSR count). The number of allylic oxidation sites excluding steroid dienone is 5. The Labute approximate surface area is 272 Å². The molecule has 0 N–H and O–H groups in total. The molecular weight excluding hydrogens is 500 g/mol. The Morgan fingerprint density at radius 2 is 1.35 bits per heavy atom. The molecule has 0 fully saturated rings. The van der Waals surface area contributed by atoms with Crippen molar-refractivity contribution in [2.24, 2.45) is 0 Å². The molecule has 0 aliphatic carbocycles. The molecule has 0 radical (unpaired) electrons. The monoisotopic (exact) mass is 564 g/mol. The standard InChI is InChI=1S/C8H13BClN.C8H16BN.C8H14BN.C6H15B.CH4.Li.H/c1-8(2,3)11-7-5-4-6-9(11)10;2*1-8(2,3)10-7-5-4-6-9-10;1-4-7(5-2)6-3;;;/h4-7H,1-3H3;4-5,9H,6-7H2,1-3H3;4-7,9H,1-3H3;4-6H2,1-3H3;1H4;;/q;;;;;+1;-1. The smallest absolute Gasteiger partial charge is 1.00 e. The first kappa shape index (κ1) is 43.9. The van der Waals surface area contributed by atoms with Crippen molar-refractivity contribution < 1.29 is 20.3 Å². The van der Waals surface area contributed by atoms with Crippen molar-refractivity contribution in [3.8, 4) is 0 Å². The number of hydrogen-bond donors (Lipinski definition) is 0. The number of nitrogens with zero attached hydrogens (tertiary/aromatic N) is 3. The minimum atomic E-state index is -0.000000000000000222. The van der Waals surface area contributed by atoms with E-state index < -0.39 is 0 Å². The number of rotatable bonds is 3. The summed E-state index contributed by atoms with van der Waals surface area (Å²) in [4.78, 5) is 6.93. The van der Waals surface area contributed by atoms with Gasteiger partial charge in [0.05, 0.1) is 0 Å². The Hall–Kier alpha value is -0.593. The third kappa shape index (κ3) is 19.5. The van der Waals surface area contributed by atoms with E-state index in [0.29, 0.717) is 5.54 Å². The van der Waals surface area contributed by atoms with Crippen LogP contribution in [0.15, 0.2) is 60.8 Å². The Bertz CT molecular complexity index is 778. The van der Waals surface area contributed by atoms with Crippen molar-refractivity contribution in [1.82, 2.24) is 14.4 Å². The van der Waals surface area contributed by atoms with Crippen LogP contribution in [0.5, 0.6) is 0 Å². The average Bonchev–Trinajstić information content (AvgIpc) is 2.86. The Kier molecular flexibility index (Phi) is 24.1. The first-order valence-corrected chi connectivity index (χ1v) is 15.3. The third-order valence-electron chi connectivity index (χ3n) is 7.08. The number of halogens is 1. The summed E-state index contributed by atoms with van der Waals surface area (Å²) in [5.41, 5.74) is 0.722.